The Balaban J connectivity index is 1.87. The normalized spacial score (nSPS) is 25.9. The molecule has 2 aromatic carbocycles. The summed E-state index contributed by atoms with van der Waals surface area (Å²) in [4.78, 5) is 0. The van der Waals surface area contributed by atoms with Crippen LogP contribution in [-0.2, 0) is 0 Å². The SMILES string of the molecule is Cc1cccc([C@H]2C[C@@]3(CC(C)(C)NC(=S)N3)Oc3c2ccc(O)c3O)c1. The number of rotatable bonds is 1. The molecule has 5 nitrogen and oxygen atoms in total. The largest absolute Gasteiger partial charge is 0.504 e. The zero-order valence-electron chi connectivity index (χ0n) is 15.7. The predicted molar refractivity (Wildman–Crippen MR) is 108 cm³/mol. The fourth-order valence-corrected chi connectivity index (χ4v) is 4.81. The topological polar surface area (TPSA) is 73.8 Å². The van der Waals surface area contributed by atoms with Gasteiger partial charge in [0.05, 0.1) is 0 Å². The van der Waals surface area contributed by atoms with Crippen molar-refractivity contribution >= 4 is 17.3 Å². The summed E-state index contributed by atoms with van der Waals surface area (Å²) in [6.45, 7) is 6.21. The smallest absolute Gasteiger partial charge is 0.200 e. The lowest BCUT2D eigenvalue weighted by atomic mass is 9.77. The first-order chi connectivity index (χ1) is 12.7. The molecule has 0 aliphatic carbocycles. The minimum Gasteiger partial charge on any atom is -0.504 e. The number of aromatic hydroxyl groups is 2. The van der Waals surface area contributed by atoms with Crippen LogP contribution in [-0.4, -0.2) is 26.6 Å². The number of phenolic OH excluding ortho intramolecular Hbond substituents is 2. The van der Waals surface area contributed by atoms with Crippen molar-refractivity contribution in [3.63, 3.8) is 0 Å². The second kappa shape index (κ2) is 6.02. The molecule has 4 N–H and O–H groups in total. The van der Waals surface area contributed by atoms with Gasteiger partial charge in [-0.15, -0.1) is 0 Å². The van der Waals surface area contributed by atoms with E-state index in [-0.39, 0.29) is 23.0 Å². The van der Waals surface area contributed by atoms with Gasteiger partial charge >= 0.3 is 0 Å². The van der Waals surface area contributed by atoms with Crippen LogP contribution in [0.15, 0.2) is 36.4 Å². The molecule has 0 aromatic heterocycles. The number of benzene rings is 2. The Kier molecular flexibility index (Phi) is 4.00. The molecule has 142 valence electrons. The van der Waals surface area contributed by atoms with Crippen molar-refractivity contribution in [2.75, 3.05) is 0 Å². The van der Waals surface area contributed by atoms with Crippen molar-refractivity contribution in [3.8, 4) is 17.2 Å². The summed E-state index contributed by atoms with van der Waals surface area (Å²) >= 11 is 5.43. The van der Waals surface area contributed by atoms with Gasteiger partial charge in [-0.2, -0.15) is 0 Å². The molecule has 0 amide bonds. The first-order valence-electron chi connectivity index (χ1n) is 9.09. The van der Waals surface area contributed by atoms with Crippen LogP contribution >= 0.6 is 12.2 Å². The van der Waals surface area contributed by atoms with Crippen LogP contribution in [0.4, 0.5) is 0 Å². The molecule has 0 bridgehead atoms. The van der Waals surface area contributed by atoms with Crippen LogP contribution in [0.3, 0.4) is 0 Å². The Labute approximate surface area is 164 Å². The average molecular weight is 385 g/mol. The quantitative estimate of drug-likeness (QED) is 0.444. The maximum absolute atomic E-state index is 10.5. The zero-order valence-corrected chi connectivity index (χ0v) is 16.5. The van der Waals surface area contributed by atoms with E-state index in [1.807, 2.05) is 12.1 Å². The molecular formula is C21H24N2O3S. The third-order valence-corrected chi connectivity index (χ3v) is 5.52. The highest BCUT2D eigenvalue weighted by Gasteiger charge is 2.49. The molecule has 1 spiro atoms. The van der Waals surface area contributed by atoms with Gasteiger partial charge in [0, 0.05) is 29.9 Å². The first-order valence-corrected chi connectivity index (χ1v) is 9.50. The first kappa shape index (κ1) is 17.9. The van der Waals surface area contributed by atoms with Crippen LogP contribution in [0.5, 0.6) is 17.2 Å². The van der Waals surface area contributed by atoms with Crippen LogP contribution in [0.1, 0.15) is 49.3 Å². The summed E-state index contributed by atoms with van der Waals surface area (Å²) in [6.07, 6.45) is 1.32. The van der Waals surface area contributed by atoms with Crippen molar-refractivity contribution in [3.05, 3.63) is 53.1 Å². The summed E-state index contributed by atoms with van der Waals surface area (Å²) in [5.74, 6) is -0.0945. The molecule has 2 aliphatic rings. The molecular weight excluding hydrogens is 360 g/mol. The molecule has 6 heteroatoms. The van der Waals surface area contributed by atoms with Gasteiger partial charge in [0.25, 0.3) is 0 Å². The number of hydrogen-bond donors (Lipinski definition) is 4. The molecule has 2 heterocycles. The fraction of sp³-hybridized carbons (Fsp3) is 0.381. The van der Waals surface area contributed by atoms with Gasteiger partial charge < -0.3 is 25.6 Å². The van der Waals surface area contributed by atoms with E-state index >= 15 is 0 Å². The van der Waals surface area contributed by atoms with Gasteiger partial charge in [-0.05, 0) is 44.6 Å². The summed E-state index contributed by atoms with van der Waals surface area (Å²) in [7, 11) is 0. The van der Waals surface area contributed by atoms with Crippen molar-refractivity contribution in [2.24, 2.45) is 0 Å². The van der Waals surface area contributed by atoms with Gasteiger partial charge in [-0.1, -0.05) is 35.9 Å². The highest BCUT2D eigenvalue weighted by Crippen LogP contribution is 2.52. The summed E-state index contributed by atoms with van der Waals surface area (Å²) in [5.41, 5.74) is 2.16. The minimum absolute atomic E-state index is 0.00403. The van der Waals surface area contributed by atoms with Crippen LogP contribution in [0, 0.1) is 6.92 Å². The van der Waals surface area contributed by atoms with Crippen LogP contribution in [0.25, 0.3) is 0 Å². The molecule has 2 aromatic rings. The number of fused-ring (bicyclic) bond motifs is 1. The van der Waals surface area contributed by atoms with Crippen molar-refractivity contribution in [1.82, 2.24) is 10.6 Å². The molecule has 27 heavy (non-hydrogen) atoms. The lowest BCUT2D eigenvalue weighted by Crippen LogP contribution is -2.69. The van der Waals surface area contributed by atoms with E-state index in [1.165, 1.54) is 11.6 Å². The molecule has 0 radical (unpaired) electrons. The van der Waals surface area contributed by atoms with Crippen molar-refractivity contribution in [2.45, 2.75) is 50.8 Å². The monoisotopic (exact) mass is 384 g/mol. The van der Waals surface area contributed by atoms with E-state index in [9.17, 15) is 10.2 Å². The van der Waals surface area contributed by atoms with Crippen molar-refractivity contribution < 1.29 is 14.9 Å². The van der Waals surface area contributed by atoms with E-state index in [4.69, 9.17) is 17.0 Å². The lowest BCUT2D eigenvalue weighted by Gasteiger charge is -2.50. The van der Waals surface area contributed by atoms with Crippen LogP contribution in [0.2, 0.25) is 0 Å². The third-order valence-electron chi connectivity index (χ3n) is 5.31. The van der Waals surface area contributed by atoms with E-state index in [1.54, 1.807) is 0 Å². The molecule has 1 fully saturated rings. The highest BCUT2D eigenvalue weighted by molar-refractivity contribution is 7.80. The highest BCUT2D eigenvalue weighted by atomic mass is 32.1. The van der Waals surface area contributed by atoms with Gasteiger partial charge in [-0.3, -0.25) is 0 Å². The Bertz CT molecular complexity index is 928. The van der Waals surface area contributed by atoms with Gasteiger partial charge in [-0.25, -0.2) is 0 Å². The Morgan fingerprint density at radius 3 is 2.63 bits per heavy atom. The van der Waals surface area contributed by atoms with E-state index < -0.39 is 5.72 Å². The zero-order chi connectivity index (χ0) is 19.4. The lowest BCUT2D eigenvalue weighted by molar-refractivity contribution is -0.0150. The summed E-state index contributed by atoms with van der Waals surface area (Å²) < 4.78 is 6.31. The van der Waals surface area contributed by atoms with E-state index in [0.717, 1.165) is 11.1 Å². The number of phenols is 2. The maximum atomic E-state index is 10.5. The minimum atomic E-state index is -0.765. The summed E-state index contributed by atoms with van der Waals surface area (Å²) in [6, 6.07) is 11.7. The number of thiocarbonyl (C=S) groups is 1. The number of nitrogens with one attached hydrogen (secondary N) is 2. The fourth-order valence-electron chi connectivity index (χ4n) is 4.35. The molecule has 4 rings (SSSR count). The third kappa shape index (κ3) is 3.18. The molecule has 2 atom stereocenters. The van der Waals surface area contributed by atoms with E-state index in [2.05, 4.69) is 49.6 Å². The Morgan fingerprint density at radius 1 is 1.15 bits per heavy atom. The maximum Gasteiger partial charge on any atom is 0.200 e. The summed E-state index contributed by atoms with van der Waals surface area (Å²) in [5, 5.41) is 27.6. The van der Waals surface area contributed by atoms with Gasteiger partial charge in [0.15, 0.2) is 22.3 Å². The number of ether oxygens (including phenoxy) is 1. The molecule has 2 aliphatic heterocycles. The Hall–Kier alpha value is -2.47. The Morgan fingerprint density at radius 2 is 1.93 bits per heavy atom. The average Bonchev–Trinajstić information content (AvgIpc) is 2.56. The predicted octanol–water partition coefficient (Wildman–Crippen LogP) is 3.66. The van der Waals surface area contributed by atoms with E-state index in [0.29, 0.717) is 23.7 Å². The second-order valence-corrected chi connectivity index (χ2v) is 8.67. The molecule has 0 saturated carbocycles. The van der Waals surface area contributed by atoms with Gasteiger partial charge in [0.1, 0.15) is 0 Å². The second-order valence-electron chi connectivity index (χ2n) is 8.26. The van der Waals surface area contributed by atoms with Crippen LogP contribution < -0.4 is 15.4 Å². The van der Waals surface area contributed by atoms with Crippen molar-refractivity contribution in [1.29, 1.82) is 0 Å². The number of aryl methyl sites for hydroxylation is 1. The molecule has 0 unspecified atom stereocenters. The standard InChI is InChI=1S/C21H24N2O3S/c1-12-5-4-6-13(9-12)15-10-21(11-20(2,3)22-19(27)23-21)26-18-14(15)7-8-16(24)17(18)25/h4-9,15,24-25H,10-11H2,1-3H3,(H2,22,23,27)/t15-,21+/m1/s1. The number of hydrogen-bond acceptors (Lipinski definition) is 4. The molecule has 1 saturated heterocycles. The van der Waals surface area contributed by atoms with Gasteiger partial charge in [0.2, 0.25) is 5.75 Å².